The number of nitrogen functional groups attached to an aromatic ring is 1. The molecule has 6 heteroatoms. The van der Waals surface area contributed by atoms with Crippen LogP contribution in [0.15, 0.2) is 12.3 Å². The Kier molecular flexibility index (Phi) is 4.55. The minimum atomic E-state index is 0.210. The smallest absolute Gasteiger partial charge is 0.150 e. The van der Waals surface area contributed by atoms with Gasteiger partial charge >= 0.3 is 0 Å². The van der Waals surface area contributed by atoms with Crippen LogP contribution in [0.5, 0.6) is 0 Å². The van der Waals surface area contributed by atoms with Gasteiger partial charge in [-0.1, -0.05) is 0 Å². The minimum absolute atomic E-state index is 0.210. The van der Waals surface area contributed by atoms with Crippen molar-refractivity contribution in [2.24, 2.45) is 0 Å². The molecule has 0 aromatic carbocycles. The fraction of sp³-hybridized carbons (Fsp3) is 0.538. The summed E-state index contributed by atoms with van der Waals surface area (Å²) in [5.74, 6) is 0.583. The molecular formula is C13H19N5O. The summed E-state index contributed by atoms with van der Waals surface area (Å²) in [6.07, 6.45) is 1.60. The van der Waals surface area contributed by atoms with Gasteiger partial charge in [-0.2, -0.15) is 5.26 Å². The molecule has 2 rings (SSSR count). The molecule has 1 aliphatic rings. The summed E-state index contributed by atoms with van der Waals surface area (Å²) >= 11 is 0. The Hall–Kier alpha value is -1.84. The Balaban J connectivity index is 1.95. The van der Waals surface area contributed by atoms with Crippen LogP contribution in [-0.4, -0.2) is 48.8 Å². The van der Waals surface area contributed by atoms with Gasteiger partial charge in [-0.15, -0.1) is 0 Å². The van der Waals surface area contributed by atoms with Gasteiger partial charge in [0, 0.05) is 31.9 Å². The van der Waals surface area contributed by atoms with E-state index in [4.69, 9.17) is 15.7 Å². The lowest BCUT2D eigenvalue weighted by Gasteiger charge is -2.29. The maximum Gasteiger partial charge on any atom is 0.150 e. The minimum Gasteiger partial charge on any atom is -0.395 e. The zero-order valence-corrected chi connectivity index (χ0v) is 11.1. The Bertz CT molecular complexity index is 465. The third-order valence-electron chi connectivity index (χ3n) is 3.13. The van der Waals surface area contributed by atoms with Gasteiger partial charge < -0.3 is 15.8 Å². The molecule has 1 fully saturated rings. The number of hydrogen-bond donors (Lipinski definition) is 2. The number of anilines is 2. The monoisotopic (exact) mass is 261 g/mol. The van der Waals surface area contributed by atoms with E-state index in [9.17, 15) is 0 Å². The number of ether oxygens (including phenoxy) is 1. The van der Waals surface area contributed by atoms with Gasteiger partial charge in [-0.3, -0.25) is 4.90 Å². The molecular weight excluding hydrogens is 242 g/mol. The highest BCUT2D eigenvalue weighted by Crippen LogP contribution is 2.19. The summed E-state index contributed by atoms with van der Waals surface area (Å²) in [5, 5.41) is 12.2. The summed E-state index contributed by atoms with van der Waals surface area (Å²) < 4.78 is 5.32. The van der Waals surface area contributed by atoms with Crippen molar-refractivity contribution in [2.75, 3.05) is 43.9 Å². The fourth-order valence-electron chi connectivity index (χ4n) is 2.14. The van der Waals surface area contributed by atoms with Crippen LogP contribution in [0.4, 0.5) is 11.5 Å². The van der Waals surface area contributed by atoms with Crippen LogP contribution >= 0.6 is 0 Å². The molecule has 1 unspecified atom stereocenters. The average Bonchev–Trinajstić information content (AvgIpc) is 2.42. The van der Waals surface area contributed by atoms with Crippen LogP contribution in [0.2, 0.25) is 0 Å². The molecule has 2 heterocycles. The molecule has 1 aromatic heterocycles. The second-order valence-electron chi connectivity index (χ2n) is 4.69. The summed E-state index contributed by atoms with van der Waals surface area (Å²) in [4.78, 5) is 6.53. The number of nitrogens with zero attached hydrogens (tertiary/aromatic N) is 3. The lowest BCUT2D eigenvalue weighted by Crippen LogP contribution is -2.42. The van der Waals surface area contributed by atoms with E-state index >= 15 is 0 Å². The maximum atomic E-state index is 8.93. The van der Waals surface area contributed by atoms with E-state index in [1.54, 1.807) is 12.3 Å². The number of nitrogens with one attached hydrogen (secondary N) is 1. The number of aromatic nitrogens is 1. The molecule has 1 saturated heterocycles. The number of hydrogen-bond acceptors (Lipinski definition) is 6. The predicted octanol–water partition coefficient (Wildman–Crippen LogP) is 0.668. The van der Waals surface area contributed by atoms with Gasteiger partial charge in [0.1, 0.15) is 6.07 Å². The van der Waals surface area contributed by atoms with Crippen LogP contribution in [-0.2, 0) is 4.74 Å². The summed E-state index contributed by atoms with van der Waals surface area (Å²) in [6.45, 7) is 6.46. The van der Waals surface area contributed by atoms with Crippen molar-refractivity contribution in [3.05, 3.63) is 17.8 Å². The van der Waals surface area contributed by atoms with Crippen molar-refractivity contribution in [3.63, 3.8) is 0 Å². The second kappa shape index (κ2) is 6.36. The Labute approximate surface area is 113 Å². The molecule has 0 spiro atoms. The fourth-order valence-corrected chi connectivity index (χ4v) is 2.14. The van der Waals surface area contributed by atoms with E-state index in [1.165, 1.54) is 0 Å². The molecule has 19 heavy (non-hydrogen) atoms. The Morgan fingerprint density at radius 1 is 1.58 bits per heavy atom. The maximum absolute atomic E-state index is 8.93. The number of nitriles is 1. The lowest BCUT2D eigenvalue weighted by atomic mass is 10.2. The third kappa shape index (κ3) is 3.56. The number of rotatable bonds is 4. The number of pyridine rings is 1. The van der Waals surface area contributed by atoms with Crippen LogP contribution < -0.4 is 11.1 Å². The number of nitrogens with two attached hydrogens (primary N) is 1. The molecule has 0 radical (unpaired) electrons. The van der Waals surface area contributed by atoms with Crippen LogP contribution in [0.3, 0.4) is 0 Å². The zero-order chi connectivity index (χ0) is 13.7. The molecule has 1 aliphatic heterocycles. The highest BCUT2D eigenvalue weighted by Gasteiger charge is 2.15. The van der Waals surface area contributed by atoms with E-state index in [2.05, 4.69) is 28.2 Å². The first-order chi connectivity index (χ1) is 9.20. The van der Waals surface area contributed by atoms with E-state index in [0.717, 1.165) is 32.8 Å². The Morgan fingerprint density at radius 3 is 3.00 bits per heavy atom. The zero-order valence-electron chi connectivity index (χ0n) is 11.1. The van der Waals surface area contributed by atoms with E-state index in [-0.39, 0.29) is 6.04 Å². The summed E-state index contributed by atoms with van der Waals surface area (Å²) in [7, 11) is 0. The largest absolute Gasteiger partial charge is 0.395 e. The molecule has 0 aliphatic carbocycles. The normalized spacial score (nSPS) is 17.7. The first-order valence-corrected chi connectivity index (χ1v) is 6.42. The molecule has 1 aromatic rings. The van der Waals surface area contributed by atoms with E-state index in [0.29, 0.717) is 17.1 Å². The quantitative estimate of drug-likeness (QED) is 0.828. The molecule has 102 valence electrons. The standard InChI is InChI=1S/C13H19N5O/c1-10(9-18-4-6-19-7-5-18)17-13-12(15)11(8-14)2-3-16-13/h2-3,10H,4-7,9,15H2,1H3,(H,16,17). The van der Waals surface area contributed by atoms with Crippen LogP contribution in [0.25, 0.3) is 0 Å². The molecule has 0 bridgehead atoms. The van der Waals surface area contributed by atoms with Crippen molar-refractivity contribution in [1.29, 1.82) is 5.26 Å². The van der Waals surface area contributed by atoms with Gasteiger partial charge in [0.25, 0.3) is 0 Å². The Morgan fingerprint density at radius 2 is 2.32 bits per heavy atom. The third-order valence-corrected chi connectivity index (χ3v) is 3.13. The molecule has 6 nitrogen and oxygen atoms in total. The topological polar surface area (TPSA) is 87.2 Å². The van der Waals surface area contributed by atoms with Gasteiger partial charge in [0.2, 0.25) is 0 Å². The van der Waals surface area contributed by atoms with Gasteiger partial charge in [-0.05, 0) is 13.0 Å². The number of morpholine rings is 1. The van der Waals surface area contributed by atoms with Crippen molar-refractivity contribution in [2.45, 2.75) is 13.0 Å². The summed E-state index contributed by atoms with van der Waals surface area (Å²) in [6, 6.07) is 3.89. The second-order valence-corrected chi connectivity index (χ2v) is 4.69. The van der Waals surface area contributed by atoms with Crippen molar-refractivity contribution in [3.8, 4) is 6.07 Å². The van der Waals surface area contributed by atoms with Gasteiger partial charge in [0.15, 0.2) is 5.82 Å². The molecule has 1 atom stereocenters. The SMILES string of the molecule is CC(CN1CCOCC1)Nc1nccc(C#N)c1N. The highest BCUT2D eigenvalue weighted by molar-refractivity contribution is 5.69. The molecule has 3 N–H and O–H groups in total. The van der Waals surface area contributed by atoms with Gasteiger partial charge in [-0.25, -0.2) is 4.98 Å². The van der Waals surface area contributed by atoms with Crippen molar-refractivity contribution >= 4 is 11.5 Å². The van der Waals surface area contributed by atoms with E-state index in [1.807, 2.05) is 0 Å². The lowest BCUT2D eigenvalue weighted by molar-refractivity contribution is 0.0368. The average molecular weight is 261 g/mol. The van der Waals surface area contributed by atoms with Crippen molar-refractivity contribution < 1.29 is 4.74 Å². The first-order valence-electron chi connectivity index (χ1n) is 6.42. The van der Waals surface area contributed by atoms with Gasteiger partial charge in [0.05, 0.1) is 24.5 Å². The van der Waals surface area contributed by atoms with Crippen molar-refractivity contribution in [1.82, 2.24) is 9.88 Å². The molecule has 0 amide bonds. The predicted molar refractivity (Wildman–Crippen MR) is 73.7 cm³/mol. The highest BCUT2D eigenvalue weighted by atomic mass is 16.5. The van der Waals surface area contributed by atoms with Crippen LogP contribution in [0, 0.1) is 11.3 Å². The molecule has 0 saturated carbocycles. The van der Waals surface area contributed by atoms with E-state index < -0.39 is 0 Å². The van der Waals surface area contributed by atoms with Crippen LogP contribution in [0.1, 0.15) is 12.5 Å². The first kappa shape index (κ1) is 13.6. The summed E-state index contributed by atoms with van der Waals surface area (Å²) in [5.41, 5.74) is 6.76.